The Morgan fingerprint density at radius 1 is 1.42 bits per heavy atom. The number of ether oxygens (including phenoxy) is 1. The molecule has 19 heavy (non-hydrogen) atoms. The SMILES string of the molecule is CCCCCC(C)Nc1cc(OC)ccc1C(=O)O. The minimum Gasteiger partial charge on any atom is -0.497 e. The van der Waals surface area contributed by atoms with Crippen molar-refractivity contribution in [2.24, 2.45) is 0 Å². The molecular weight excluding hydrogens is 242 g/mol. The molecule has 0 fully saturated rings. The third kappa shape index (κ3) is 4.81. The van der Waals surface area contributed by atoms with Crippen molar-refractivity contribution >= 4 is 11.7 Å². The zero-order chi connectivity index (χ0) is 14.3. The Morgan fingerprint density at radius 3 is 2.74 bits per heavy atom. The van der Waals surface area contributed by atoms with E-state index in [-0.39, 0.29) is 11.6 Å². The molecule has 0 aromatic heterocycles. The first-order chi connectivity index (χ1) is 9.08. The van der Waals surface area contributed by atoms with E-state index in [9.17, 15) is 9.90 Å². The number of aromatic carboxylic acids is 1. The molecule has 1 aromatic carbocycles. The van der Waals surface area contributed by atoms with Gasteiger partial charge in [0, 0.05) is 12.1 Å². The molecule has 0 bridgehead atoms. The Hall–Kier alpha value is -1.71. The van der Waals surface area contributed by atoms with Crippen LogP contribution < -0.4 is 10.1 Å². The van der Waals surface area contributed by atoms with Gasteiger partial charge in [0.2, 0.25) is 0 Å². The van der Waals surface area contributed by atoms with Gasteiger partial charge in [-0.3, -0.25) is 0 Å². The number of rotatable bonds is 8. The van der Waals surface area contributed by atoms with Gasteiger partial charge in [-0.25, -0.2) is 4.79 Å². The van der Waals surface area contributed by atoms with Gasteiger partial charge in [0.1, 0.15) is 5.75 Å². The highest BCUT2D eigenvalue weighted by molar-refractivity contribution is 5.94. The number of anilines is 1. The first-order valence-electron chi connectivity index (χ1n) is 6.76. The van der Waals surface area contributed by atoms with E-state index in [0.717, 1.165) is 12.8 Å². The predicted molar refractivity (Wildman–Crippen MR) is 77.2 cm³/mol. The standard InChI is InChI=1S/C15H23NO3/c1-4-5-6-7-11(2)16-14-10-12(19-3)8-9-13(14)15(17)18/h8-11,16H,4-7H2,1-3H3,(H,17,18). The van der Waals surface area contributed by atoms with Crippen LogP contribution in [-0.2, 0) is 0 Å². The molecule has 1 unspecified atom stereocenters. The molecule has 0 saturated carbocycles. The number of hydrogen-bond acceptors (Lipinski definition) is 3. The minimum atomic E-state index is -0.925. The molecule has 0 saturated heterocycles. The average Bonchev–Trinajstić information content (AvgIpc) is 2.38. The van der Waals surface area contributed by atoms with Crippen LogP contribution in [0.2, 0.25) is 0 Å². The molecule has 0 spiro atoms. The van der Waals surface area contributed by atoms with Crippen LogP contribution in [0.1, 0.15) is 49.9 Å². The average molecular weight is 265 g/mol. The van der Waals surface area contributed by atoms with Crippen LogP contribution in [0.3, 0.4) is 0 Å². The van der Waals surface area contributed by atoms with E-state index in [0.29, 0.717) is 11.4 Å². The lowest BCUT2D eigenvalue weighted by atomic mass is 10.1. The minimum absolute atomic E-state index is 0.247. The van der Waals surface area contributed by atoms with E-state index in [1.807, 2.05) is 0 Å². The molecule has 0 heterocycles. The summed E-state index contributed by atoms with van der Waals surface area (Å²) in [6.45, 7) is 4.24. The topological polar surface area (TPSA) is 58.6 Å². The number of hydrogen-bond donors (Lipinski definition) is 2. The van der Waals surface area contributed by atoms with E-state index in [1.54, 1.807) is 25.3 Å². The first kappa shape index (κ1) is 15.3. The Morgan fingerprint density at radius 2 is 2.16 bits per heavy atom. The van der Waals surface area contributed by atoms with Crippen molar-refractivity contribution in [2.75, 3.05) is 12.4 Å². The Bertz CT molecular complexity index is 418. The van der Waals surface area contributed by atoms with Gasteiger partial charge < -0.3 is 15.2 Å². The molecule has 4 nitrogen and oxygen atoms in total. The van der Waals surface area contributed by atoms with Gasteiger partial charge in [-0.05, 0) is 25.5 Å². The summed E-state index contributed by atoms with van der Waals surface area (Å²) in [5, 5.41) is 12.4. The molecule has 4 heteroatoms. The van der Waals surface area contributed by atoms with Crippen molar-refractivity contribution in [3.05, 3.63) is 23.8 Å². The number of nitrogens with one attached hydrogen (secondary N) is 1. The molecule has 0 radical (unpaired) electrons. The number of carboxylic acids is 1. The molecule has 106 valence electrons. The van der Waals surface area contributed by atoms with Crippen LogP contribution in [0, 0.1) is 0 Å². The van der Waals surface area contributed by atoms with E-state index in [4.69, 9.17) is 4.74 Å². The summed E-state index contributed by atoms with van der Waals surface area (Å²) in [4.78, 5) is 11.2. The summed E-state index contributed by atoms with van der Waals surface area (Å²) >= 11 is 0. The predicted octanol–water partition coefficient (Wildman–Crippen LogP) is 3.77. The van der Waals surface area contributed by atoms with Gasteiger partial charge in [0.25, 0.3) is 0 Å². The van der Waals surface area contributed by atoms with Gasteiger partial charge in [-0.15, -0.1) is 0 Å². The first-order valence-corrected chi connectivity index (χ1v) is 6.76. The van der Waals surface area contributed by atoms with E-state index in [2.05, 4.69) is 19.2 Å². The fourth-order valence-electron chi connectivity index (χ4n) is 1.99. The van der Waals surface area contributed by atoms with Crippen LogP contribution in [-0.4, -0.2) is 24.2 Å². The van der Waals surface area contributed by atoms with Crippen LogP contribution in [0.5, 0.6) is 5.75 Å². The molecule has 0 amide bonds. The second kappa shape index (κ2) is 7.67. The highest BCUT2D eigenvalue weighted by Crippen LogP contribution is 2.24. The number of methoxy groups -OCH3 is 1. The van der Waals surface area contributed by atoms with E-state index < -0.39 is 5.97 Å². The smallest absolute Gasteiger partial charge is 0.337 e. The fourth-order valence-corrected chi connectivity index (χ4v) is 1.99. The normalized spacial score (nSPS) is 11.9. The number of benzene rings is 1. The highest BCUT2D eigenvalue weighted by atomic mass is 16.5. The van der Waals surface area contributed by atoms with Crippen molar-refractivity contribution in [3.63, 3.8) is 0 Å². The third-order valence-electron chi connectivity index (χ3n) is 3.10. The molecule has 1 aromatic rings. The van der Waals surface area contributed by atoms with Crippen molar-refractivity contribution in [1.29, 1.82) is 0 Å². The van der Waals surface area contributed by atoms with Gasteiger partial charge in [0.15, 0.2) is 0 Å². The van der Waals surface area contributed by atoms with Crippen LogP contribution in [0.25, 0.3) is 0 Å². The number of unbranched alkanes of at least 4 members (excludes halogenated alkanes) is 2. The molecule has 0 aliphatic rings. The summed E-state index contributed by atoms with van der Waals surface area (Å²) in [5.74, 6) is -0.265. The lowest BCUT2D eigenvalue weighted by Gasteiger charge is -2.17. The Kier molecular flexibility index (Phi) is 6.19. The maximum absolute atomic E-state index is 11.2. The summed E-state index contributed by atoms with van der Waals surface area (Å²) < 4.78 is 5.14. The quantitative estimate of drug-likeness (QED) is 0.702. The summed E-state index contributed by atoms with van der Waals surface area (Å²) in [5.41, 5.74) is 0.902. The maximum Gasteiger partial charge on any atom is 0.337 e. The van der Waals surface area contributed by atoms with Gasteiger partial charge in [-0.2, -0.15) is 0 Å². The zero-order valence-corrected chi connectivity index (χ0v) is 11.9. The molecule has 1 atom stereocenters. The molecular formula is C15H23NO3. The number of carbonyl (C=O) groups is 1. The largest absolute Gasteiger partial charge is 0.497 e. The molecule has 0 aliphatic carbocycles. The Labute approximate surface area is 114 Å². The lowest BCUT2D eigenvalue weighted by Crippen LogP contribution is -2.17. The van der Waals surface area contributed by atoms with Crippen molar-refractivity contribution < 1.29 is 14.6 Å². The molecule has 1 rings (SSSR count). The summed E-state index contributed by atoms with van der Waals surface area (Å²) in [6, 6.07) is 5.22. The van der Waals surface area contributed by atoms with Gasteiger partial charge in [0.05, 0.1) is 18.4 Å². The monoisotopic (exact) mass is 265 g/mol. The third-order valence-corrected chi connectivity index (χ3v) is 3.10. The van der Waals surface area contributed by atoms with Crippen LogP contribution in [0.15, 0.2) is 18.2 Å². The molecule has 0 aliphatic heterocycles. The number of carboxylic acid groups (broad SMARTS) is 1. The fraction of sp³-hybridized carbons (Fsp3) is 0.533. The van der Waals surface area contributed by atoms with Crippen molar-refractivity contribution in [2.45, 2.75) is 45.6 Å². The maximum atomic E-state index is 11.2. The zero-order valence-electron chi connectivity index (χ0n) is 11.9. The van der Waals surface area contributed by atoms with Gasteiger partial charge >= 0.3 is 5.97 Å². The Balaban J connectivity index is 2.76. The second-order valence-corrected chi connectivity index (χ2v) is 4.76. The van der Waals surface area contributed by atoms with Crippen molar-refractivity contribution in [3.8, 4) is 5.75 Å². The van der Waals surface area contributed by atoms with E-state index in [1.165, 1.54) is 12.8 Å². The van der Waals surface area contributed by atoms with Gasteiger partial charge in [-0.1, -0.05) is 26.2 Å². The van der Waals surface area contributed by atoms with Crippen molar-refractivity contribution in [1.82, 2.24) is 0 Å². The lowest BCUT2D eigenvalue weighted by molar-refractivity contribution is 0.0698. The van der Waals surface area contributed by atoms with E-state index >= 15 is 0 Å². The summed E-state index contributed by atoms with van der Waals surface area (Å²) in [6.07, 6.45) is 4.57. The van der Waals surface area contributed by atoms with Crippen LogP contribution in [0.4, 0.5) is 5.69 Å². The molecule has 2 N–H and O–H groups in total. The van der Waals surface area contributed by atoms with Crippen LogP contribution >= 0.6 is 0 Å². The second-order valence-electron chi connectivity index (χ2n) is 4.76. The summed E-state index contributed by atoms with van der Waals surface area (Å²) in [7, 11) is 1.57. The highest BCUT2D eigenvalue weighted by Gasteiger charge is 2.13.